The summed E-state index contributed by atoms with van der Waals surface area (Å²) >= 11 is 5.85. The van der Waals surface area contributed by atoms with Gasteiger partial charge >= 0.3 is 0 Å². The zero-order chi connectivity index (χ0) is 13.7. The number of amides is 1. The molecule has 0 saturated heterocycles. The van der Waals surface area contributed by atoms with E-state index in [4.69, 9.17) is 11.6 Å². The summed E-state index contributed by atoms with van der Waals surface area (Å²) in [5, 5.41) is 2.67. The third kappa shape index (κ3) is 3.69. The molecule has 7 nitrogen and oxygen atoms in total. The zero-order valence-electron chi connectivity index (χ0n) is 10.9. The van der Waals surface area contributed by atoms with Crippen molar-refractivity contribution in [2.75, 3.05) is 44.0 Å². The standard InChI is InChI=1S/C10H17ClN6O/c1-5-17(6-7(18)12-2)10-14-8(11)13-9(15-10)16(3)4/h5-6H2,1-4H3,(H,12,18). The number of nitrogens with one attached hydrogen (secondary N) is 1. The number of anilines is 2. The van der Waals surface area contributed by atoms with Crippen molar-refractivity contribution in [3.05, 3.63) is 5.28 Å². The van der Waals surface area contributed by atoms with Crippen molar-refractivity contribution < 1.29 is 4.79 Å². The van der Waals surface area contributed by atoms with Crippen LogP contribution in [0.1, 0.15) is 6.92 Å². The molecule has 0 unspecified atom stereocenters. The van der Waals surface area contributed by atoms with Gasteiger partial charge in [-0.1, -0.05) is 0 Å². The van der Waals surface area contributed by atoms with E-state index in [1.165, 1.54) is 0 Å². The van der Waals surface area contributed by atoms with Crippen LogP contribution in [0.2, 0.25) is 5.28 Å². The van der Waals surface area contributed by atoms with Gasteiger partial charge in [-0.05, 0) is 18.5 Å². The van der Waals surface area contributed by atoms with E-state index in [0.29, 0.717) is 18.4 Å². The first-order valence-corrected chi connectivity index (χ1v) is 5.90. The number of aromatic nitrogens is 3. The van der Waals surface area contributed by atoms with Crippen LogP contribution < -0.4 is 15.1 Å². The molecule has 0 aliphatic carbocycles. The molecule has 8 heteroatoms. The third-order valence-corrected chi connectivity index (χ3v) is 2.43. The van der Waals surface area contributed by atoms with E-state index >= 15 is 0 Å². The van der Waals surface area contributed by atoms with E-state index in [9.17, 15) is 4.79 Å². The minimum absolute atomic E-state index is 0.110. The van der Waals surface area contributed by atoms with Crippen molar-refractivity contribution in [2.45, 2.75) is 6.92 Å². The van der Waals surface area contributed by atoms with Crippen LogP contribution in [0.15, 0.2) is 0 Å². The molecule has 1 aromatic rings. The Morgan fingerprint density at radius 1 is 1.28 bits per heavy atom. The van der Waals surface area contributed by atoms with Gasteiger partial charge in [0.25, 0.3) is 0 Å². The largest absolute Gasteiger partial charge is 0.358 e. The van der Waals surface area contributed by atoms with Gasteiger partial charge in [0, 0.05) is 27.7 Å². The highest BCUT2D eigenvalue weighted by molar-refractivity contribution is 6.28. The highest BCUT2D eigenvalue weighted by atomic mass is 35.5. The molecule has 0 atom stereocenters. The summed E-state index contributed by atoms with van der Waals surface area (Å²) in [6, 6.07) is 0. The van der Waals surface area contributed by atoms with Crippen LogP contribution in [0.25, 0.3) is 0 Å². The monoisotopic (exact) mass is 272 g/mol. The Hall–Kier alpha value is -1.63. The van der Waals surface area contributed by atoms with Gasteiger partial charge in [-0.25, -0.2) is 0 Å². The van der Waals surface area contributed by atoms with Gasteiger partial charge in [-0.3, -0.25) is 4.79 Å². The molecule has 100 valence electrons. The summed E-state index contributed by atoms with van der Waals surface area (Å²) in [7, 11) is 5.21. The molecular formula is C10H17ClN6O. The fraction of sp³-hybridized carbons (Fsp3) is 0.600. The van der Waals surface area contributed by atoms with Crippen molar-refractivity contribution in [3.8, 4) is 0 Å². The summed E-state index contributed by atoms with van der Waals surface area (Å²) in [5.41, 5.74) is 0. The Morgan fingerprint density at radius 2 is 1.89 bits per heavy atom. The van der Waals surface area contributed by atoms with E-state index in [1.54, 1.807) is 16.8 Å². The maximum Gasteiger partial charge on any atom is 0.239 e. The Balaban J connectivity index is 3.01. The highest BCUT2D eigenvalue weighted by Gasteiger charge is 2.14. The second-order valence-electron chi connectivity index (χ2n) is 3.79. The Kier molecular flexibility index (Phi) is 5.08. The maximum atomic E-state index is 11.4. The molecular weight excluding hydrogens is 256 g/mol. The number of rotatable bonds is 5. The lowest BCUT2D eigenvalue weighted by Gasteiger charge is -2.21. The molecule has 0 radical (unpaired) electrons. The van der Waals surface area contributed by atoms with Gasteiger partial charge in [0.15, 0.2) is 0 Å². The normalized spacial score (nSPS) is 10.1. The van der Waals surface area contributed by atoms with Gasteiger partial charge in [0.2, 0.25) is 23.1 Å². The molecule has 18 heavy (non-hydrogen) atoms. The number of halogens is 1. The smallest absolute Gasteiger partial charge is 0.239 e. The zero-order valence-corrected chi connectivity index (χ0v) is 11.7. The van der Waals surface area contributed by atoms with Gasteiger partial charge in [0.05, 0.1) is 6.54 Å². The SMILES string of the molecule is CCN(CC(=O)NC)c1nc(Cl)nc(N(C)C)n1. The third-order valence-electron chi connectivity index (χ3n) is 2.26. The lowest BCUT2D eigenvalue weighted by atomic mass is 10.5. The number of hydrogen-bond donors (Lipinski definition) is 1. The van der Waals surface area contributed by atoms with Crippen LogP contribution >= 0.6 is 11.6 Å². The molecule has 0 bridgehead atoms. The van der Waals surface area contributed by atoms with Gasteiger partial charge < -0.3 is 15.1 Å². The lowest BCUT2D eigenvalue weighted by Crippen LogP contribution is -2.36. The molecule has 1 rings (SSSR count). The molecule has 1 aromatic heterocycles. The summed E-state index contributed by atoms with van der Waals surface area (Å²) < 4.78 is 0. The quantitative estimate of drug-likeness (QED) is 0.823. The minimum atomic E-state index is -0.111. The number of nitrogens with zero attached hydrogens (tertiary/aromatic N) is 5. The minimum Gasteiger partial charge on any atom is -0.358 e. The van der Waals surface area contributed by atoms with Crippen molar-refractivity contribution in [3.63, 3.8) is 0 Å². The van der Waals surface area contributed by atoms with Crippen LogP contribution in [0, 0.1) is 0 Å². The molecule has 0 spiro atoms. The Bertz CT molecular complexity index is 425. The molecule has 1 heterocycles. The van der Waals surface area contributed by atoms with Crippen molar-refractivity contribution in [1.82, 2.24) is 20.3 Å². The van der Waals surface area contributed by atoms with Crippen LogP contribution in [-0.2, 0) is 4.79 Å². The average Bonchev–Trinajstić information content (AvgIpc) is 2.34. The maximum absolute atomic E-state index is 11.4. The predicted molar refractivity (Wildman–Crippen MR) is 71.1 cm³/mol. The first-order valence-electron chi connectivity index (χ1n) is 5.52. The number of carbonyl (C=O) groups is 1. The summed E-state index contributed by atoms with van der Waals surface area (Å²) in [5.74, 6) is 0.741. The molecule has 0 aromatic carbocycles. The van der Waals surface area contributed by atoms with Crippen molar-refractivity contribution in [2.24, 2.45) is 0 Å². The second-order valence-corrected chi connectivity index (χ2v) is 4.12. The molecule has 1 amide bonds. The lowest BCUT2D eigenvalue weighted by molar-refractivity contribution is -0.119. The van der Waals surface area contributed by atoms with Gasteiger partial charge in [0.1, 0.15) is 0 Å². The van der Waals surface area contributed by atoms with E-state index in [-0.39, 0.29) is 17.7 Å². The van der Waals surface area contributed by atoms with Crippen LogP contribution in [-0.4, -0.2) is 55.1 Å². The highest BCUT2D eigenvalue weighted by Crippen LogP contribution is 2.14. The molecule has 0 aliphatic heterocycles. The molecule has 1 N–H and O–H groups in total. The van der Waals surface area contributed by atoms with Crippen molar-refractivity contribution >= 4 is 29.4 Å². The van der Waals surface area contributed by atoms with E-state index in [1.807, 2.05) is 21.0 Å². The first kappa shape index (κ1) is 14.4. The van der Waals surface area contributed by atoms with Crippen LogP contribution in [0.5, 0.6) is 0 Å². The molecule has 0 saturated carbocycles. The number of likely N-dealkylation sites (N-methyl/N-ethyl adjacent to an activating group) is 2. The average molecular weight is 273 g/mol. The van der Waals surface area contributed by atoms with E-state index in [2.05, 4.69) is 20.3 Å². The Labute approximate surface area is 111 Å². The number of carbonyl (C=O) groups excluding carboxylic acids is 1. The fourth-order valence-electron chi connectivity index (χ4n) is 1.25. The summed E-state index contributed by atoms with van der Waals surface area (Å²) in [6.07, 6.45) is 0. The molecule has 0 fully saturated rings. The van der Waals surface area contributed by atoms with Crippen molar-refractivity contribution in [1.29, 1.82) is 0 Å². The molecule has 0 aliphatic rings. The first-order chi connectivity index (χ1) is 8.47. The van der Waals surface area contributed by atoms with E-state index < -0.39 is 0 Å². The van der Waals surface area contributed by atoms with Crippen LogP contribution in [0.4, 0.5) is 11.9 Å². The Morgan fingerprint density at radius 3 is 2.39 bits per heavy atom. The van der Waals surface area contributed by atoms with Gasteiger partial charge in [-0.15, -0.1) is 0 Å². The van der Waals surface area contributed by atoms with Crippen LogP contribution in [0.3, 0.4) is 0 Å². The topological polar surface area (TPSA) is 74.2 Å². The number of hydrogen-bond acceptors (Lipinski definition) is 6. The summed E-state index contributed by atoms with van der Waals surface area (Å²) in [6.45, 7) is 2.69. The predicted octanol–water partition coefficient (Wildman–Crippen LogP) is 0.163. The summed E-state index contributed by atoms with van der Waals surface area (Å²) in [4.78, 5) is 27.1. The fourth-order valence-corrected chi connectivity index (χ4v) is 1.40. The second kappa shape index (κ2) is 6.34. The van der Waals surface area contributed by atoms with Gasteiger partial charge in [-0.2, -0.15) is 15.0 Å². The van der Waals surface area contributed by atoms with E-state index in [0.717, 1.165) is 0 Å².